The minimum atomic E-state index is -7.67. The highest BCUT2D eigenvalue weighted by Gasteiger charge is 2.84. The lowest BCUT2D eigenvalue weighted by atomic mass is 9.99. The van der Waals surface area contributed by atoms with Gasteiger partial charge in [0.15, 0.2) is 0 Å². The molecule has 174 valence electrons. The highest BCUT2D eigenvalue weighted by Crippen LogP contribution is 2.58. The molecule has 0 aliphatic rings. The summed E-state index contributed by atoms with van der Waals surface area (Å²) in [5, 5.41) is 0. The van der Waals surface area contributed by atoms with Gasteiger partial charge in [-0.2, -0.15) is 79.0 Å². The van der Waals surface area contributed by atoms with Crippen molar-refractivity contribution in [2.45, 2.75) is 47.9 Å². The molecule has 0 aliphatic carbocycles. The van der Waals surface area contributed by atoms with E-state index in [-0.39, 0.29) is 0 Å². The molecule has 0 saturated carbocycles. The molecule has 0 spiro atoms. The Morgan fingerprint density at radius 1 is 0.448 bits per heavy atom. The van der Waals surface area contributed by atoms with Crippen LogP contribution >= 0.6 is 22.6 Å². The van der Waals surface area contributed by atoms with Crippen LogP contribution in [-0.2, 0) is 0 Å². The van der Waals surface area contributed by atoms with Gasteiger partial charge in [-0.15, -0.1) is 0 Å². The number of halogens is 19. The molecule has 0 atom stereocenters. The first-order valence-corrected chi connectivity index (χ1v) is 7.00. The van der Waals surface area contributed by atoms with E-state index in [2.05, 4.69) is 0 Å². The third-order valence-electron chi connectivity index (χ3n) is 2.92. The molecule has 0 radical (unpaired) electrons. The second-order valence-corrected chi connectivity index (χ2v) is 6.14. The molecule has 0 saturated heterocycles. The predicted octanol–water partition coefficient (Wildman–Crippen LogP) is 7.24. The van der Waals surface area contributed by atoms with E-state index in [1.54, 1.807) is 0 Å². The molecule has 0 aromatic rings. The Balaban J connectivity index is 6.49. The first-order valence-electron chi connectivity index (χ1n) is 5.92. The van der Waals surface area contributed by atoms with Crippen LogP contribution in [0.1, 0.15) is 0 Å². The van der Waals surface area contributed by atoms with Crippen molar-refractivity contribution in [3.63, 3.8) is 0 Å². The van der Waals surface area contributed by atoms with Crippen LogP contribution in [-0.4, -0.2) is 47.9 Å². The van der Waals surface area contributed by atoms with Gasteiger partial charge in [-0.05, 0) is 22.6 Å². The molecular formula is C10HF18I. The van der Waals surface area contributed by atoms with Gasteiger partial charge >= 0.3 is 47.9 Å². The van der Waals surface area contributed by atoms with Crippen LogP contribution in [0.25, 0.3) is 0 Å². The zero-order valence-electron chi connectivity index (χ0n) is 12.3. The van der Waals surface area contributed by atoms with Crippen molar-refractivity contribution in [3.8, 4) is 0 Å². The molecule has 0 rings (SSSR count). The topological polar surface area (TPSA) is 0 Å². The van der Waals surface area contributed by atoms with Crippen LogP contribution in [0.4, 0.5) is 79.0 Å². The summed E-state index contributed by atoms with van der Waals surface area (Å²) < 4.78 is 222. The molecule has 0 bridgehead atoms. The van der Waals surface area contributed by atoms with Crippen molar-refractivity contribution >= 4 is 22.6 Å². The van der Waals surface area contributed by atoms with Gasteiger partial charge in [0.2, 0.25) is 0 Å². The smallest absolute Gasteiger partial charge is 0.195 e. The zero-order valence-corrected chi connectivity index (χ0v) is 14.4. The van der Waals surface area contributed by atoms with Crippen LogP contribution in [0, 0.1) is 0 Å². The molecule has 0 unspecified atom stereocenters. The minimum absolute atomic E-state index is 0.617. The summed E-state index contributed by atoms with van der Waals surface area (Å²) in [4.78, 5) is 0. The van der Waals surface area contributed by atoms with E-state index in [1.807, 2.05) is 0 Å². The molecule has 0 aliphatic heterocycles. The van der Waals surface area contributed by atoms with Crippen molar-refractivity contribution in [1.82, 2.24) is 0 Å². The Morgan fingerprint density at radius 3 is 1.00 bits per heavy atom. The molecule has 0 amide bonds. The third-order valence-corrected chi connectivity index (χ3v) is 3.91. The van der Waals surface area contributed by atoms with Gasteiger partial charge in [-0.1, -0.05) is 0 Å². The predicted molar refractivity (Wildman–Crippen MR) is 63.9 cm³/mol. The van der Waals surface area contributed by atoms with Gasteiger partial charge in [0.1, 0.15) is 0 Å². The van der Waals surface area contributed by atoms with E-state index in [4.69, 9.17) is 0 Å². The van der Waals surface area contributed by atoms with E-state index in [0.29, 0.717) is 0 Å². The van der Waals surface area contributed by atoms with E-state index in [0.717, 1.165) is 0 Å². The van der Waals surface area contributed by atoms with Gasteiger partial charge in [0, 0.05) is 6.08 Å². The molecule has 0 aromatic heterocycles. The third kappa shape index (κ3) is 4.19. The lowest BCUT2D eigenvalue weighted by molar-refractivity contribution is -0.391. The zero-order chi connectivity index (χ0) is 24.3. The fourth-order valence-electron chi connectivity index (χ4n) is 1.25. The maximum absolute atomic E-state index is 13.3. The highest BCUT2D eigenvalue weighted by atomic mass is 127. The van der Waals surface area contributed by atoms with Gasteiger partial charge in [-0.3, -0.25) is 0 Å². The first kappa shape index (κ1) is 28.2. The monoisotopic (exact) mass is 590 g/mol. The Morgan fingerprint density at radius 2 is 0.724 bits per heavy atom. The van der Waals surface area contributed by atoms with Crippen molar-refractivity contribution < 1.29 is 79.0 Å². The maximum atomic E-state index is 13.3. The van der Waals surface area contributed by atoms with E-state index < -0.39 is 80.1 Å². The Bertz CT molecular complexity index is 634. The van der Waals surface area contributed by atoms with Gasteiger partial charge in [-0.25, -0.2) is 0 Å². The van der Waals surface area contributed by atoms with Crippen LogP contribution < -0.4 is 0 Å². The Kier molecular flexibility index (Phi) is 6.93. The molecular weight excluding hydrogens is 589 g/mol. The maximum Gasteiger partial charge on any atom is 0.460 e. The normalized spacial score (nSPS) is 17.0. The van der Waals surface area contributed by atoms with E-state index in [9.17, 15) is 79.0 Å². The van der Waals surface area contributed by atoms with Crippen LogP contribution in [0.5, 0.6) is 0 Å². The number of hydrogen-bond donors (Lipinski definition) is 0. The summed E-state index contributed by atoms with van der Waals surface area (Å²) in [6.45, 7) is 0. The molecule has 19 heteroatoms. The van der Waals surface area contributed by atoms with Crippen molar-refractivity contribution in [3.05, 3.63) is 9.66 Å². The summed E-state index contributed by atoms with van der Waals surface area (Å²) in [5.41, 5.74) is 0. The second-order valence-electron chi connectivity index (χ2n) is 4.98. The summed E-state index contributed by atoms with van der Waals surface area (Å²) in [6, 6.07) is 0. The largest absolute Gasteiger partial charge is 0.460 e. The lowest BCUT2D eigenvalue weighted by Gasteiger charge is -2.35. The Hall–Kier alpha value is -0.790. The van der Waals surface area contributed by atoms with Crippen molar-refractivity contribution in [2.24, 2.45) is 0 Å². The quantitative estimate of drug-likeness (QED) is 0.226. The minimum Gasteiger partial charge on any atom is -0.195 e. The standard InChI is InChI=1S/C10HF18I/c11-3(12,5(15,16)7(19,20)9(23,24)25)1-2(29)4(13,14)6(17,18)8(21,22)10(26,27)28/h1H/b2-1-. The van der Waals surface area contributed by atoms with Crippen LogP contribution in [0.2, 0.25) is 0 Å². The average Bonchev–Trinajstić information content (AvgIpc) is 2.43. The molecule has 0 fully saturated rings. The second kappa shape index (κ2) is 7.13. The number of alkyl halides is 18. The first-order chi connectivity index (χ1) is 12.1. The average molecular weight is 590 g/mol. The SMILES string of the molecule is FC(F)(F)C(F)(F)C(F)(F)C(F)(F)/C=C(\I)C(F)(F)C(F)(F)C(F)(F)C(F)(F)F. The fraction of sp³-hybridized carbons (Fsp3) is 0.800. The van der Waals surface area contributed by atoms with Crippen molar-refractivity contribution in [1.29, 1.82) is 0 Å². The highest BCUT2D eigenvalue weighted by molar-refractivity contribution is 14.1. The van der Waals surface area contributed by atoms with Crippen molar-refractivity contribution in [2.75, 3.05) is 0 Å². The molecule has 29 heavy (non-hydrogen) atoms. The summed E-state index contributed by atoms with van der Waals surface area (Å²) in [7, 11) is 0. The van der Waals surface area contributed by atoms with Gasteiger partial charge < -0.3 is 0 Å². The Labute approximate surface area is 160 Å². The molecule has 0 heterocycles. The van der Waals surface area contributed by atoms with Gasteiger partial charge in [0.05, 0.1) is 3.58 Å². The fourth-order valence-corrected chi connectivity index (χ4v) is 1.98. The summed E-state index contributed by atoms with van der Waals surface area (Å²) >= 11 is -0.617. The van der Waals surface area contributed by atoms with Crippen LogP contribution in [0.3, 0.4) is 0 Å². The van der Waals surface area contributed by atoms with Gasteiger partial charge in [0.25, 0.3) is 0 Å². The summed E-state index contributed by atoms with van der Waals surface area (Å²) in [5.74, 6) is -44.8. The number of rotatable bonds is 6. The van der Waals surface area contributed by atoms with Crippen LogP contribution in [0.15, 0.2) is 9.66 Å². The number of allylic oxidation sites excluding steroid dienone is 2. The molecule has 0 nitrogen and oxygen atoms in total. The van der Waals surface area contributed by atoms with E-state index in [1.165, 1.54) is 0 Å². The molecule has 0 aromatic carbocycles. The number of hydrogen-bond acceptors (Lipinski definition) is 0. The lowest BCUT2D eigenvalue weighted by Crippen LogP contribution is -2.62. The summed E-state index contributed by atoms with van der Waals surface area (Å²) in [6.07, 6.45) is -17.3. The van der Waals surface area contributed by atoms with E-state index >= 15 is 0 Å². The molecule has 0 N–H and O–H groups in total.